The molecule has 0 saturated heterocycles. The average Bonchev–Trinajstić information content (AvgIpc) is 2.65. The highest BCUT2D eigenvalue weighted by atomic mass is 16.5. The van der Waals surface area contributed by atoms with Gasteiger partial charge in [-0.25, -0.2) is 5.84 Å². The van der Waals surface area contributed by atoms with E-state index < -0.39 is 0 Å². The Kier molecular flexibility index (Phi) is 4.90. The Morgan fingerprint density at radius 2 is 2.29 bits per heavy atom. The fourth-order valence-electron chi connectivity index (χ4n) is 0.822. The topological polar surface area (TPSA) is 95.4 Å². The number of nitrogen functional groups attached to an aromatic ring is 1. The molecule has 0 fully saturated rings. The molecule has 1 rings (SSSR count). The number of ether oxygens (including phenoxy) is 2. The first-order valence-corrected chi connectivity index (χ1v) is 4.22. The van der Waals surface area contributed by atoms with Crippen LogP contribution in [0.4, 0.5) is 6.01 Å². The van der Waals surface area contributed by atoms with Crippen LogP contribution in [0.15, 0.2) is 4.52 Å². The molecule has 7 nitrogen and oxygen atoms in total. The lowest BCUT2D eigenvalue weighted by atomic mass is 10.4. The molecule has 80 valence electrons. The van der Waals surface area contributed by atoms with E-state index in [-0.39, 0.29) is 6.01 Å². The third-order valence-electron chi connectivity index (χ3n) is 1.49. The second-order valence-corrected chi connectivity index (χ2v) is 2.52. The number of aromatic nitrogens is 2. The number of nitrogens with zero attached hydrogens (tertiary/aromatic N) is 2. The summed E-state index contributed by atoms with van der Waals surface area (Å²) in [5.74, 6) is 5.63. The van der Waals surface area contributed by atoms with Crippen molar-refractivity contribution in [3.63, 3.8) is 0 Å². The number of hydrogen-bond donors (Lipinski definition) is 2. The van der Waals surface area contributed by atoms with Crippen LogP contribution in [0.2, 0.25) is 0 Å². The lowest BCUT2D eigenvalue weighted by molar-refractivity contribution is 0.0714. The summed E-state index contributed by atoms with van der Waals surface area (Å²) in [5.41, 5.74) is 2.26. The van der Waals surface area contributed by atoms with Crippen LogP contribution < -0.4 is 11.3 Å². The van der Waals surface area contributed by atoms with Gasteiger partial charge in [0, 0.05) is 13.5 Å². The molecule has 0 atom stereocenters. The van der Waals surface area contributed by atoms with Crippen molar-refractivity contribution < 1.29 is 14.0 Å². The Bertz CT molecular complexity index is 253. The number of nitrogens with one attached hydrogen (secondary N) is 1. The van der Waals surface area contributed by atoms with Crippen molar-refractivity contribution in [2.45, 2.75) is 6.42 Å². The molecule has 0 aliphatic heterocycles. The monoisotopic (exact) mass is 202 g/mol. The summed E-state index contributed by atoms with van der Waals surface area (Å²) in [7, 11) is 1.63. The second-order valence-electron chi connectivity index (χ2n) is 2.52. The molecule has 0 saturated carbocycles. The van der Waals surface area contributed by atoms with Crippen molar-refractivity contribution in [1.82, 2.24) is 10.1 Å². The number of rotatable bonds is 7. The van der Waals surface area contributed by atoms with Crippen LogP contribution in [-0.4, -0.2) is 37.1 Å². The summed E-state index contributed by atoms with van der Waals surface area (Å²) in [5, 5.41) is 3.66. The van der Waals surface area contributed by atoms with Crippen molar-refractivity contribution in [2.75, 3.05) is 32.4 Å². The van der Waals surface area contributed by atoms with Crippen LogP contribution in [-0.2, 0) is 15.9 Å². The predicted octanol–water partition coefficient (Wildman–Crippen LogP) is -0.439. The van der Waals surface area contributed by atoms with Gasteiger partial charge in [-0.15, -0.1) is 0 Å². The maximum atomic E-state index is 5.22. The Hall–Kier alpha value is -1.18. The minimum atomic E-state index is 0.205. The first-order chi connectivity index (χ1) is 6.86. The molecule has 14 heavy (non-hydrogen) atoms. The van der Waals surface area contributed by atoms with Crippen molar-refractivity contribution in [3.05, 3.63) is 5.82 Å². The molecule has 0 radical (unpaired) electrons. The van der Waals surface area contributed by atoms with Crippen molar-refractivity contribution in [3.8, 4) is 0 Å². The van der Waals surface area contributed by atoms with Gasteiger partial charge in [-0.05, 0) is 0 Å². The van der Waals surface area contributed by atoms with E-state index in [1.54, 1.807) is 7.11 Å². The van der Waals surface area contributed by atoms with Gasteiger partial charge in [0.25, 0.3) is 0 Å². The number of anilines is 1. The quantitative estimate of drug-likeness (QED) is 0.351. The van der Waals surface area contributed by atoms with Crippen LogP contribution in [0.25, 0.3) is 0 Å². The standard InChI is InChI=1S/C7H14N4O3/c1-12-4-5-13-3-2-6-9-7(10-8)14-11-6/h2-5,8H2,1H3,(H,9,10,11). The van der Waals surface area contributed by atoms with Crippen LogP contribution >= 0.6 is 0 Å². The van der Waals surface area contributed by atoms with E-state index in [9.17, 15) is 0 Å². The van der Waals surface area contributed by atoms with Crippen LogP contribution in [0, 0.1) is 0 Å². The van der Waals surface area contributed by atoms with Gasteiger partial charge in [0.1, 0.15) is 0 Å². The summed E-state index contributed by atoms with van der Waals surface area (Å²) in [6.45, 7) is 1.69. The highest BCUT2D eigenvalue weighted by molar-refractivity contribution is 5.14. The number of methoxy groups -OCH3 is 1. The summed E-state index contributed by atoms with van der Waals surface area (Å²) in [6, 6.07) is 0.205. The van der Waals surface area contributed by atoms with Gasteiger partial charge in [-0.3, -0.25) is 5.43 Å². The van der Waals surface area contributed by atoms with Gasteiger partial charge in [0.15, 0.2) is 5.82 Å². The zero-order valence-electron chi connectivity index (χ0n) is 8.02. The van der Waals surface area contributed by atoms with Gasteiger partial charge >= 0.3 is 6.01 Å². The van der Waals surface area contributed by atoms with Gasteiger partial charge in [0.05, 0.1) is 19.8 Å². The molecule has 0 aliphatic carbocycles. The Morgan fingerprint density at radius 3 is 2.93 bits per heavy atom. The van der Waals surface area contributed by atoms with Crippen LogP contribution in [0.3, 0.4) is 0 Å². The fourth-order valence-corrected chi connectivity index (χ4v) is 0.822. The Balaban J connectivity index is 2.12. The minimum absolute atomic E-state index is 0.205. The molecule has 0 unspecified atom stereocenters. The molecule has 0 bridgehead atoms. The molecule has 3 N–H and O–H groups in total. The highest BCUT2D eigenvalue weighted by Gasteiger charge is 2.03. The Morgan fingerprint density at radius 1 is 1.43 bits per heavy atom. The first-order valence-electron chi connectivity index (χ1n) is 4.22. The SMILES string of the molecule is COCCOCCc1noc(NN)n1. The predicted molar refractivity (Wildman–Crippen MR) is 48.5 cm³/mol. The van der Waals surface area contributed by atoms with E-state index in [4.69, 9.17) is 19.8 Å². The molecule has 7 heteroatoms. The summed E-state index contributed by atoms with van der Waals surface area (Å²) < 4.78 is 14.8. The first kappa shape index (κ1) is 10.9. The molecule has 0 amide bonds. The zero-order chi connectivity index (χ0) is 10.2. The van der Waals surface area contributed by atoms with E-state index in [0.717, 1.165) is 0 Å². The van der Waals surface area contributed by atoms with Gasteiger partial charge in [-0.2, -0.15) is 4.98 Å². The largest absolute Gasteiger partial charge is 0.382 e. The van der Waals surface area contributed by atoms with Gasteiger partial charge in [0.2, 0.25) is 0 Å². The average molecular weight is 202 g/mol. The van der Waals surface area contributed by atoms with Crippen LogP contribution in [0.1, 0.15) is 5.82 Å². The number of hydrogen-bond acceptors (Lipinski definition) is 7. The second kappa shape index (κ2) is 6.30. The maximum absolute atomic E-state index is 5.22. The van der Waals surface area contributed by atoms with E-state index in [0.29, 0.717) is 32.1 Å². The molecular formula is C7H14N4O3. The van der Waals surface area contributed by atoms with E-state index in [2.05, 4.69) is 15.6 Å². The lowest BCUT2D eigenvalue weighted by Gasteiger charge is -1.99. The molecular weight excluding hydrogens is 188 g/mol. The van der Waals surface area contributed by atoms with E-state index in [1.165, 1.54) is 0 Å². The molecule has 0 spiro atoms. The fraction of sp³-hybridized carbons (Fsp3) is 0.714. The maximum Gasteiger partial charge on any atom is 0.335 e. The normalized spacial score (nSPS) is 10.4. The third-order valence-corrected chi connectivity index (χ3v) is 1.49. The smallest absolute Gasteiger partial charge is 0.335 e. The lowest BCUT2D eigenvalue weighted by Crippen LogP contribution is -2.07. The summed E-state index contributed by atoms with van der Waals surface area (Å²) in [6.07, 6.45) is 0.592. The van der Waals surface area contributed by atoms with Gasteiger partial charge in [-0.1, -0.05) is 5.16 Å². The third kappa shape index (κ3) is 3.69. The number of nitrogens with two attached hydrogens (primary N) is 1. The number of hydrazine groups is 1. The van der Waals surface area contributed by atoms with Crippen molar-refractivity contribution in [2.24, 2.45) is 5.84 Å². The molecule has 1 heterocycles. The van der Waals surface area contributed by atoms with Gasteiger partial charge < -0.3 is 14.0 Å². The summed E-state index contributed by atoms with van der Waals surface area (Å²) >= 11 is 0. The molecule has 1 aromatic rings. The zero-order valence-corrected chi connectivity index (χ0v) is 8.02. The highest BCUT2D eigenvalue weighted by Crippen LogP contribution is 2.01. The molecule has 0 aromatic carbocycles. The summed E-state index contributed by atoms with van der Waals surface area (Å²) in [4.78, 5) is 3.92. The molecule has 0 aliphatic rings. The Labute approximate surface area is 81.5 Å². The molecule has 1 aromatic heterocycles. The van der Waals surface area contributed by atoms with E-state index >= 15 is 0 Å². The van der Waals surface area contributed by atoms with Crippen molar-refractivity contribution in [1.29, 1.82) is 0 Å². The van der Waals surface area contributed by atoms with Crippen LogP contribution in [0.5, 0.6) is 0 Å². The van der Waals surface area contributed by atoms with Crippen molar-refractivity contribution >= 4 is 6.01 Å². The van der Waals surface area contributed by atoms with E-state index in [1.807, 2.05) is 0 Å². The minimum Gasteiger partial charge on any atom is -0.382 e.